The Hall–Kier alpha value is -1.88. The highest BCUT2D eigenvalue weighted by Gasteiger charge is 2.18. The quantitative estimate of drug-likeness (QED) is 0.583. The molecule has 5 nitrogen and oxygen atoms in total. The molecule has 1 aromatic carbocycles. The summed E-state index contributed by atoms with van der Waals surface area (Å²) in [5.74, 6) is -1.02. The van der Waals surface area contributed by atoms with E-state index in [2.05, 4.69) is 4.74 Å². The van der Waals surface area contributed by atoms with Crippen LogP contribution in [0.25, 0.3) is 0 Å². The molecule has 5 heteroatoms. The molecule has 0 aliphatic heterocycles. The van der Waals surface area contributed by atoms with Crippen LogP contribution >= 0.6 is 0 Å². The summed E-state index contributed by atoms with van der Waals surface area (Å²) in [5, 5.41) is 9.41. The van der Waals surface area contributed by atoms with Gasteiger partial charge in [-0.15, -0.1) is 0 Å². The van der Waals surface area contributed by atoms with Gasteiger partial charge >= 0.3 is 5.97 Å². The highest BCUT2D eigenvalue weighted by atomic mass is 16.5. The fourth-order valence-electron chi connectivity index (χ4n) is 1.29. The fraction of sp³-hybridized carbons (Fsp3) is 0.273. The highest BCUT2D eigenvalue weighted by Crippen LogP contribution is 2.22. The first-order valence-corrected chi connectivity index (χ1v) is 4.64. The summed E-state index contributed by atoms with van der Waals surface area (Å²) < 4.78 is 4.49. The predicted octanol–water partition coefficient (Wildman–Crippen LogP) is 0.768. The van der Waals surface area contributed by atoms with Gasteiger partial charge in [0.25, 0.3) is 0 Å². The van der Waals surface area contributed by atoms with Crippen molar-refractivity contribution >= 4 is 11.8 Å². The highest BCUT2D eigenvalue weighted by molar-refractivity contribution is 5.97. The van der Waals surface area contributed by atoms with Crippen molar-refractivity contribution < 1.29 is 19.4 Å². The Labute approximate surface area is 92.8 Å². The Morgan fingerprint density at radius 1 is 1.44 bits per heavy atom. The number of aromatic hydroxyl groups is 1. The number of phenols is 1. The normalized spacial score (nSPS) is 11.9. The summed E-state index contributed by atoms with van der Waals surface area (Å²) in [4.78, 5) is 22.3. The number of Topliss-reactive ketones (excluding diaryl/α,β-unsaturated/α-hetero) is 1. The maximum absolute atomic E-state index is 11.2. The Kier molecular flexibility index (Phi) is 3.63. The van der Waals surface area contributed by atoms with E-state index < -0.39 is 12.0 Å². The maximum atomic E-state index is 11.2. The van der Waals surface area contributed by atoms with E-state index in [-0.39, 0.29) is 17.1 Å². The van der Waals surface area contributed by atoms with Crippen LogP contribution in [0.2, 0.25) is 0 Å². The molecule has 86 valence electrons. The molecule has 0 aliphatic carbocycles. The molecule has 0 aliphatic rings. The lowest BCUT2D eigenvalue weighted by atomic mass is 10.0. The van der Waals surface area contributed by atoms with Crippen molar-refractivity contribution in [1.82, 2.24) is 0 Å². The monoisotopic (exact) mass is 223 g/mol. The lowest BCUT2D eigenvalue weighted by Gasteiger charge is -2.11. The van der Waals surface area contributed by atoms with Crippen LogP contribution in [0.3, 0.4) is 0 Å². The number of nitrogens with two attached hydrogens (primary N) is 1. The molecule has 0 saturated carbocycles. The summed E-state index contributed by atoms with van der Waals surface area (Å²) in [6, 6.07) is 3.24. The molecular weight excluding hydrogens is 210 g/mol. The summed E-state index contributed by atoms with van der Waals surface area (Å²) in [5.41, 5.74) is 6.16. The fourth-order valence-corrected chi connectivity index (χ4v) is 1.29. The second kappa shape index (κ2) is 4.76. The molecule has 0 heterocycles. The van der Waals surface area contributed by atoms with E-state index in [1.807, 2.05) is 0 Å². The van der Waals surface area contributed by atoms with Crippen molar-refractivity contribution in [1.29, 1.82) is 0 Å². The molecule has 0 aromatic heterocycles. The zero-order valence-electron chi connectivity index (χ0n) is 9.06. The molecule has 3 N–H and O–H groups in total. The third kappa shape index (κ3) is 2.38. The number of carbonyl (C=O) groups is 2. The molecule has 1 atom stereocenters. The van der Waals surface area contributed by atoms with E-state index in [1.54, 1.807) is 0 Å². The molecule has 0 fully saturated rings. The van der Waals surface area contributed by atoms with Crippen LogP contribution in [0.1, 0.15) is 28.9 Å². The number of methoxy groups -OCH3 is 1. The van der Waals surface area contributed by atoms with Crippen molar-refractivity contribution in [2.75, 3.05) is 7.11 Å². The number of phenolic OH excluding ortho intramolecular Hbond substituents is 1. The van der Waals surface area contributed by atoms with Gasteiger partial charge < -0.3 is 15.6 Å². The number of hydrogen-bond acceptors (Lipinski definition) is 5. The third-order valence-corrected chi connectivity index (χ3v) is 2.21. The van der Waals surface area contributed by atoms with Gasteiger partial charge in [0.15, 0.2) is 5.78 Å². The van der Waals surface area contributed by atoms with Crippen LogP contribution in [0.15, 0.2) is 18.2 Å². The summed E-state index contributed by atoms with van der Waals surface area (Å²) in [6.07, 6.45) is 0. The number of rotatable bonds is 3. The van der Waals surface area contributed by atoms with Gasteiger partial charge in [-0.25, -0.2) is 0 Å². The lowest BCUT2D eigenvalue weighted by molar-refractivity contribution is -0.142. The Bertz CT molecular complexity index is 428. The number of hydrogen-bond donors (Lipinski definition) is 2. The van der Waals surface area contributed by atoms with Gasteiger partial charge in [0, 0.05) is 0 Å². The second-order valence-corrected chi connectivity index (χ2v) is 3.33. The lowest BCUT2D eigenvalue weighted by Crippen LogP contribution is -2.22. The zero-order chi connectivity index (χ0) is 12.3. The van der Waals surface area contributed by atoms with Crippen LogP contribution in [-0.4, -0.2) is 24.0 Å². The van der Waals surface area contributed by atoms with E-state index in [1.165, 1.54) is 32.2 Å². The first-order valence-electron chi connectivity index (χ1n) is 4.64. The molecule has 0 radical (unpaired) electrons. The summed E-state index contributed by atoms with van der Waals surface area (Å²) >= 11 is 0. The molecular formula is C11H13NO4. The molecule has 0 spiro atoms. The number of benzene rings is 1. The number of ketones is 1. The van der Waals surface area contributed by atoms with Crippen molar-refractivity contribution in [3.05, 3.63) is 29.3 Å². The van der Waals surface area contributed by atoms with Crippen LogP contribution in [0.5, 0.6) is 5.75 Å². The summed E-state index contributed by atoms with van der Waals surface area (Å²) in [6.45, 7) is 1.32. The zero-order valence-corrected chi connectivity index (χ0v) is 9.06. The van der Waals surface area contributed by atoms with Crippen molar-refractivity contribution in [3.8, 4) is 5.75 Å². The maximum Gasteiger partial charge on any atom is 0.327 e. The minimum atomic E-state index is -0.955. The van der Waals surface area contributed by atoms with Gasteiger partial charge in [-0.3, -0.25) is 9.59 Å². The topological polar surface area (TPSA) is 89.6 Å². The minimum Gasteiger partial charge on any atom is -0.507 e. The summed E-state index contributed by atoms with van der Waals surface area (Å²) in [7, 11) is 1.23. The van der Waals surface area contributed by atoms with E-state index in [9.17, 15) is 14.7 Å². The van der Waals surface area contributed by atoms with Crippen LogP contribution in [-0.2, 0) is 9.53 Å². The Morgan fingerprint density at radius 3 is 2.56 bits per heavy atom. The molecule has 1 aromatic rings. The molecule has 1 unspecified atom stereocenters. The van der Waals surface area contributed by atoms with Gasteiger partial charge in [0.2, 0.25) is 0 Å². The van der Waals surface area contributed by atoms with Crippen molar-refractivity contribution in [2.24, 2.45) is 5.73 Å². The predicted molar refractivity (Wildman–Crippen MR) is 57.1 cm³/mol. The first kappa shape index (κ1) is 12.2. The van der Waals surface area contributed by atoms with Crippen molar-refractivity contribution in [3.63, 3.8) is 0 Å². The number of carbonyl (C=O) groups excluding carboxylic acids is 2. The van der Waals surface area contributed by atoms with Gasteiger partial charge in [-0.2, -0.15) is 0 Å². The average Bonchev–Trinajstić information content (AvgIpc) is 2.27. The van der Waals surface area contributed by atoms with Crippen molar-refractivity contribution in [2.45, 2.75) is 13.0 Å². The van der Waals surface area contributed by atoms with Crippen LogP contribution in [0.4, 0.5) is 0 Å². The van der Waals surface area contributed by atoms with E-state index in [0.717, 1.165) is 0 Å². The van der Waals surface area contributed by atoms with Crippen LogP contribution in [0, 0.1) is 0 Å². The Balaban J connectivity index is 3.12. The number of esters is 1. The minimum absolute atomic E-state index is 0.131. The Morgan fingerprint density at radius 2 is 2.06 bits per heavy atom. The van der Waals surface area contributed by atoms with E-state index in [0.29, 0.717) is 5.56 Å². The molecule has 0 saturated heterocycles. The SMILES string of the molecule is COC(=O)C(N)c1ccc(O)c(C(C)=O)c1. The average molecular weight is 223 g/mol. The van der Waals surface area contributed by atoms with Gasteiger partial charge in [0.05, 0.1) is 12.7 Å². The molecule has 0 bridgehead atoms. The second-order valence-electron chi connectivity index (χ2n) is 3.33. The molecule has 16 heavy (non-hydrogen) atoms. The standard InChI is InChI=1S/C11H13NO4/c1-6(13)8-5-7(3-4-9(8)14)10(12)11(15)16-2/h3-5,10,14H,12H2,1-2H3. The number of ether oxygens (including phenoxy) is 1. The molecule has 1 rings (SSSR count). The smallest absolute Gasteiger partial charge is 0.327 e. The van der Waals surface area contributed by atoms with Gasteiger partial charge in [-0.1, -0.05) is 6.07 Å². The van der Waals surface area contributed by atoms with Crippen LogP contribution < -0.4 is 5.73 Å². The largest absolute Gasteiger partial charge is 0.507 e. The third-order valence-electron chi connectivity index (χ3n) is 2.21. The van der Waals surface area contributed by atoms with Gasteiger partial charge in [-0.05, 0) is 24.6 Å². The van der Waals surface area contributed by atoms with E-state index >= 15 is 0 Å². The first-order chi connectivity index (χ1) is 7.47. The van der Waals surface area contributed by atoms with E-state index in [4.69, 9.17) is 5.73 Å². The van der Waals surface area contributed by atoms with Gasteiger partial charge in [0.1, 0.15) is 11.8 Å². The molecule has 0 amide bonds.